The van der Waals surface area contributed by atoms with Gasteiger partial charge in [-0.05, 0) is 66.4 Å². The van der Waals surface area contributed by atoms with Crippen molar-refractivity contribution >= 4 is 44.9 Å². The molecule has 2 aromatic carbocycles. The third kappa shape index (κ3) is 4.12. The van der Waals surface area contributed by atoms with Gasteiger partial charge in [-0.3, -0.25) is 14.2 Å². The molecule has 4 rings (SSSR count). The van der Waals surface area contributed by atoms with E-state index >= 15 is 0 Å². The Balaban J connectivity index is 1.65. The molecule has 0 bridgehead atoms. The number of fused-ring (bicyclic) bond motifs is 1. The monoisotopic (exact) mass is 443 g/mol. The molecule has 30 heavy (non-hydrogen) atoms. The molecular formula is C21H15F2N3O2S2. The summed E-state index contributed by atoms with van der Waals surface area (Å²) in [6.07, 6.45) is 0. The third-order valence-electron chi connectivity index (χ3n) is 4.31. The molecule has 1 N–H and O–H groups in total. The van der Waals surface area contributed by atoms with Crippen LogP contribution in [-0.4, -0.2) is 21.2 Å². The van der Waals surface area contributed by atoms with Crippen LogP contribution in [0.3, 0.4) is 0 Å². The lowest BCUT2D eigenvalue weighted by Gasteiger charge is -2.13. The van der Waals surface area contributed by atoms with Crippen molar-refractivity contribution in [3.8, 4) is 5.69 Å². The number of hydrogen-bond donors (Lipinski definition) is 1. The topological polar surface area (TPSA) is 64.0 Å². The van der Waals surface area contributed by atoms with E-state index in [-0.39, 0.29) is 23.0 Å². The Kier molecular flexibility index (Phi) is 5.65. The summed E-state index contributed by atoms with van der Waals surface area (Å²) in [5, 5.41) is 4.77. The van der Waals surface area contributed by atoms with Gasteiger partial charge < -0.3 is 5.32 Å². The summed E-state index contributed by atoms with van der Waals surface area (Å²) in [5.41, 5.74) is 1.61. The van der Waals surface area contributed by atoms with E-state index in [1.807, 2.05) is 0 Å². The summed E-state index contributed by atoms with van der Waals surface area (Å²) in [6.45, 7) is 1.62. The molecule has 2 heterocycles. The molecule has 5 nitrogen and oxygen atoms in total. The number of nitrogens with zero attached hydrogens (tertiary/aromatic N) is 2. The summed E-state index contributed by atoms with van der Waals surface area (Å²) in [7, 11) is 0. The Labute approximate surface area is 178 Å². The van der Waals surface area contributed by atoms with Gasteiger partial charge in [-0.2, -0.15) is 0 Å². The Morgan fingerprint density at radius 3 is 2.67 bits per heavy atom. The molecule has 0 aliphatic heterocycles. The number of halogens is 2. The van der Waals surface area contributed by atoms with Gasteiger partial charge in [-0.1, -0.05) is 11.8 Å². The summed E-state index contributed by atoms with van der Waals surface area (Å²) in [6, 6.07) is 11.5. The highest BCUT2D eigenvalue weighted by Gasteiger charge is 2.16. The van der Waals surface area contributed by atoms with Crippen LogP contribution in [0.5, 0.6) is 0 Å². The predicted octanol–water partition coefficient (Wildman–Crippen LogP) is 4.76. The van der Waals surface area contributed by atoms with Gasteiger partial charge in [-0.25, -0.2) is 13.8 Å². The molecule has 0 unspecified atom stereocenters. The van der Waals surface area contributed by atoms with Crippen molar-refractivity contribution in [3.05, 3.63) is 81.5 Å². The SMILES string of the molecule is Cc1cc(-n2c(SCC(=O)Nc3ccc(F)cc3)nc3ccsc3c2=O)ccc1F. The Morgan fingerprint density at radius 1 is 1.17 bits per heavy atom. The molecule has 0 aliphatic carbocycles. The van der Waals surface area contributed by atoms with Gasteiger partial charge in [0.05, 0.1) is 17.0 Å². The summed E-state index contributed by atoms with van der Waals surface area (Å²) >= 11 is 2.37. The fraction of sp³-hybridized carbons (Fsp3) is 0.0952. The number of aromatic nitrogens is 2. The van der Waals surface area contributed by atoms with Crippen LogP contribution in [0.4, 0.5) is 14.5 Å². The minimum absolute atomic E-state index is 0.0142. The Morgan fingerprint density at radius 2 is 1.93 bits per heavy atom. The van der Waals surface area contributed by atoms with Crippen LogP contribution >= 0.6 is 23.1 Å². The third-order valence-corrected chi connectivity index (χ3v) is 6.14. The van der Waals surface area contributed by atoms with Gasteiger partial charge in [0.15, 0.2) is 5.16 Å². The van der Waals surface area contributed by atoms with Gasteiger partial charge >= 0.3 is 0 Å². The fourth-order valence-corrected chi connectivity index (χ4v) is 4.42. The first-order chi connectivity index (χ1) is 14.4. The van der Waals surface area contributed by atoms with Crippen molar-refractivity contribution < 1.29 is 13.6 Å². The lowest BCUT2D eigenvalue weighted by atomic mass is 10.2. The van der Waals surface area contributed by atoms with E-state index in [0.29, 0.717) is 32.3 Å². The molecule has 0 saturated heterocycles. The molecular weight excluding hydrogens is 428 g/mol. The zero-order valence-electron chi connectivity index (χ0n) is 15.7. The average molecular weight is 444 g/mol. The normalized spacial score (nSPS) is 11.0. The van der Waals surface area contributed by atoms with Crippen molar-refractivity contribution in [2.75, 3.05) is 11.1 Å². The second-order valence-corrected chi connectivity index (χ2v) is 8.31. The van der Waals surface area contributed by atoms with Crippen molar-refractivity contribution in [2.24, 2.45) is 0 Å². The van der Waals surface area contributed by atoms with Crippen LogP contribution in [0.25, 0.3) is 15.9 Å². The number of aryl methyl sites for hydroxylation is 1. The van der Waals surface area contributed by atoms with Gasteiger partial charge in [0.25, 0.3) is 5.56 Å². The fourth-order valence-electron chi connectivity index (χ4n) is 2.84. The maximum Gasteiger partial charge on any atom is 0.276 e. The minimum atomic E-state index is -0.394. The number of thioether (sulfide) groups is 1. The van der Waals surface area contributed by atoms with Crippen molar-refractivity contribution in [1.82, 2.24) is 9.55 Å². The van der Waals surface area contributed by atoms with Crippen LogP contribution in [0.15, 0.2) is 63.9 Å². The van der Waals surface area contributed by atoms with Gasteiger partial charge in [0.2, 0.25) is 5.91 Å². The van der Waals surface area contributed by atoms with E-state index in [2.05, 4.69) is 10.3 Å². The van der Waals surface area contributed by atoms with Gasteiger partial charge in [-0.15, -0.1) is 11.3 Å². The molecule has 0 spiro atoms. The molecule has 0 fully saturated rings. The first kappa shape index (κ1) is 20.2. The lowest BCUT2D eigenvalue weighted by molar-refractivity contribution is -0.113. The number of amides is 1. The van der Waals surface area contributed by atoms with E-state index in [0.717, 1.165) is 11.8 Å². The summed E-state index contributed by atoms with van der Waals surface area (Å²) in [4.78, 5) is 29.9. The van der Waals surface area contributed by atoms with E-state index < -0.39 is 5.82 Å². The second kappa shape index (κ2) is 8.37. The Hall–Kier alpha value is -3.04. The molecule has 152 valence electrons. The van der Waals surface area contributed by atoms with Crippen LogP contribution in [0.1, 0.15) is 5.56 Å². The maximum atomic E-state index is 13.7. The van der Waals surface area contributed by atoms with E-state index in [4.69, 9.17) is 0 Å². The largest absolute Gasteiger partial charge is 0.325 e. The van der Waals surface area contributed by atoms with Crippen molar-refractivity contribution in [2.45, 2.75) is 12.1 Å². The second-order valence-electron chi connectivity index (χ2n) is 6.45. The number of nitrogens with one attached hydrogen (secondary N) is 1. The first-order valence-corrected chi connectivity index (χ1v) is 10.7. The van der Waals surface area contributed by atoms with E-state index in [1.165, 1.54) is 52.3 Å². The minimum Gasteiger partial charge on any atom is -0.325 e. The van der Waals surface area contributed by atoms with Crippen molar-refractivity contribution in [1.29, 1.82) is 0 Å². The zero-order chi connectivity index (χ0) is 21.3. The first-order valence-electron chi connectivity index (χ1n) is 8.87. The quantitative estimate of drug-likeness (QED) is 0.357. The van der Waals surface area contributed by atoms with Crippen molar-refractivity contribution in [3.63, 3.8) is 0 Å². The molecule has 1 amide bonds. The molecule has 4 aromatic rings. The molecule has 0 aliphatic rings. The summed E-state index contributed by atoms with van der Waals surface area (Å²) in [5.74, 6) is -1.10. The number of rotatable bonds is 5. The predicted molar refractivity (Wildman–Crippen MR) is 116 cm³/mol. The maximum absolute atomic E-state index is 13.7. The number of hydrogen-bond acceptors (Lipinski definition) is 5. The standard InChI is InChI=1S/C21H15F2N3O2S2/c1-12-10-15(6-7-16(12)23)26-20(28)19-17(8-9-29-19)25-21(26)30-11-18(27)24-14-4-2-13(22)3-5-14/h2-10H,11H2,1H3,(H,24,27). The van der Waals surface area contributed by atoms with Crippen LogP contribution in [0.2, 0.25) is 0 Å². The molecule has 0 radical (unpaired) electrons. The van der Waals surface area contributed by atoms with E-state index in [1.54, 1.807) is 24.4 Å². The number of anilines is 1. The Bertz CT molecular complexity index is 1300. The van der Waals surface area contributed by atoms with E-state index in [9.17, 15) is 18.4 Å². The highest BCUT2D eigenvalue weighted by atomic mass is 32.2. The molecule has 2 aromatic heterocycles. The number of benzene rings is 2. The van der Waals surface area contributed by atoms with Crippen LogP contribution in [0, 0.1) is 18.6 Å². The highest BCUT2D eigenvalue weighted by molar-refractivity contribution is 7.99. The van der Waals surface area contributed by atoms with Crippen LogP contribution in [-0.2, 0) is 4.79 Å². The molecule has 0 atom stereocenters. The molecule has 9 heteroatoms. The van der Waals surface area contributed by atoms with Gasteiger partial charge in [0, 0.05) is 5.69 Å². The summed E-state index contributed by atoms with van der Waals surface area (Å²) < 4.78 is 28.6. The highest BCUT2D eigenvalue weighted by Crippen LogP contribution is 2.24. The number of carbonyl (C=O) groups excluding carboxylic acids is 1. The van der Waals surface area contributed by atoms with Crippen LogP contribution < -0.4 is 10.9 Å². The number of thiophene rings is 1. The number of carbonyl (C=O) groups is 1. The van der Waals surface area contributed by atoms with Gasteiger partial charge in [0.1, 0.15) is 16.3 Å². The smallest absolute Gasteiger partial charge is 0.276 e. The molecule has 0 saturated carbocycles. The average Bonchev–Trinajstić information content (AvgIpc) is 3.19. The zero-order valence-corrected chi connectivity index (χ0v) is 17.3. The lowest BCUT2D eigenvalue weighted by Crippen LogP contribution is -2.22.